The summed E-state index contributed by atoms with van der Waals surface area (Å²) < 4.78 is 27.2. The lowest BCUT2D eigenvalue weighted by Crippen LogP contribution is -2.48. The van der Waals surface area contributed by atoms with Crippen LogP contribution in [0.2, 0.25) is 5.02 Å². The van der Waals surface area contributed by atoms with Gasteiger partial charge in [0.1, 0.15) is 4.90 Å². The van der Waals surface area contributed by atoms with Crippen molar-refractivity contribution >= 4 is 27.4 Å². The zero-order valence-corrected chi connectivity index (χ0v) is 13.9. The number of pyridine rings is 1. The summed E-state index contributed by atoms with van der Waals surface area (Å²) >= 11 is 5.98. The van der Waals surface area contributed by atoms with Crippen molar-refractivity contribution in [2.45, 2.75) is 38.1 Å². The lowest BCUT2D eigenvalue weighted by Gasteiger charge is -2.39. The Balaban J connectivity index is 2.39. The molecule has 1 aromatic rings. The molecule has 1 fully saturated rings. The molecular weight excluding hydrogens is 312 g/mol. The molecule has 1 aliphatic heterocycles. The monoisotopic (exact) mass is 332 g/mol. The van der Waals surface area contributed by atoms with Crippen LogP contribution in [0.1, 0.15) is 27.2 Å². The Bertz CT molecular complexity index is 623. The van der Waals surface area contributed by atoms with Gasteiger partial charge in [-0.15, -0.1) is 0 Å². The number of hydrogen-bond acceptors (Lipinski definition) is 5. The highest BCUT2D eigenvalue weighted by atomic mass is 35.5. The first-order valence-electron chi connectivity index (χ1n) is 6.91. The van der Waals surface area contributed by atoms with Crippen molar-refractivity contribution in [3.8, 4) is 0 Å². The zero-order valence-electron chi connectivity index (χ0n) is 12.4. The fourth-order valence-corrected chi connectivity index (χ4v) is 4.89. The van der Waals surface area contributed by atoms with Crippen molar-refractivity contribution in [3.05, 3.63) is 17.3 Å². The fourth-order valence-electron chi connectivity index (χ4n) is 2.78. The summed E-state index contributed by atoms with van der Waals surface area (Å²) in [5, 5.41) is 0.185. The van der Waals surface area contributed by atoms with Crippen molar-refractivity contribution < 1.29 is 8.42 Å². The average molecular weight is 333 g/mol. The molecule has 8 heteroatoms. The van der Waals surface area contributed by atoms with E-state index in [1.54, 1.807) is 4.31 Å². The number of hydrazine groups is 1. The van der Waals surface area contributed by atoms with Crippen LogP contribution in [0, 0.1) is 11.8 Å². The summed E-state index contributed by atoms with van der Waals surface area (Å²) in [6.45, 7) is 6.61. The highest BCUT2D eigenvalue weighted by Gasteiger charge is 2.37. The van der Waals surface area contributed by atoms with E-state index in [9.17, 15) is 8.42 Å². The van der Waals surface area contributed by atoms with Crippen LogP contribution in [-0.4, -0.2) is 30.3 Å². The maximum absolute atomic E-state index is 12.8. The molecule has 0 amide bonds. The molecule has 118 valence electrons. The van der Waals surface area contributed by atoms with Crippen LogP contribution < -0.4 is 11.3 Å². The smallest absolute Gasteiger partial charge is 0.244 e. The van der Waals surface area contributed by atoms with Gasteiger partial charge in [-0.3, -0.25) is 0 Å². The number of anilines is 1. The van der Waals surface area contributed by atoms with Crippen molar-refractivity contribution in [1.82, 2.24) is 9.29 Å². The largest absolute Gasteiger partial charge is 0.307 e. The van der Waals surface area contributed by atoms with E-state index < -0.39 is 10.0 Å². The fraction of sp³-hybridized carbons (Fsp3) is 0.615. The number of piperidine rings is 1. The lowest BCUT2D eigenvalue weighted by molar-refractivity contribution is 0.157. The summed E-state index contributed by atoms with van der Waals surface area (Å²) in [5.74, 6) is 6.16. The van der Waals surface area contributed by atoms with E-state index in [0.717, 1.165) is 6.42 Å². The predicted octanol–water partition coefficient (Wildman–Crippen LogP) is 2.08. The van der Waals surface area contributed by atoms with Crippen molar-refractivity contribution in [2.24, 2.45) is 17.7 Å². The van der Waals surface area contributed by atoms with E-state index >= 15 is 0 Å². The Morgan fingerprint density at radius 2 is 2.10 bits per heavy atom. The van der Waals surface area contributed by atoms with Gasteiger partial charge in [0.2, 0.25) is 10.0 Å². The quantitative estimate of drug-likeness (QED) is 0.653. The van der Waals surface area contributed by atoms with Gasteiger partial charge < -0.3 is 5.43 Å². The second-order valence-electron chi connectivity index (χ2n) is 5.78. The number of rotatable bonds is 3. The average Bonchev–Trinajstić information content (AvgIpc) is 2.42. The first-order chi connectivity index (χ1) is 9.77. The molecule has 2 rings (SSSR count). The first-order valence-corrected chi connectivity index (χ1v) is 8.73. The third kappa shape index (κ3) is 3.15. The molecular formula is C13H21ClN4O2S. The summed E-state index contributed by atoms with van der Waals surface area (Å²) in [5.41, 5.74) is 2.32. The van der Waals surface area contributed by atoms with Gasteiger partial charge in [-0.1, -0.05) is 25.4 Å². The van der Waals surface area contributed by atoms with Gasteiger partial charge >= 0.3 is 0 Å². The van der Waals surface area contributed by atoms with Gasteiger partial charge in [-0.05, 0) is 31.2 Å². The molecule has 2 heterocycles. The molecule has 0 bridgehead atoms. The predicted molar refractivity (Wildman–Crippen MR) is 83.4 cm³/mol. The molecule has 0 spiro atoms. The Morgan fingerprint density at radius 3 is 2.67 bits per heavy atom. The summed E-state index contributed by atoms with van der Waals surface area (Å²) in [4.78, 5) is 4.04. The van der Waals surface area contributed by atoms with Crippen LogP contribution in [0.4, 0.5) is 5.82 Å². The van der Waals surface area contributed by atoms with Gasteiger partial charge in [-0.2, -0.15) is 4.31 Å². The van der Waals surface area contributed by atoms with Gasteiger partial charge in [-0.25, -0.2) is 19.2 Å². The molecule has 1 aliphatic rings. The van der Waals surface area contributed by atoms with Gasteiger partial charge in [0.15, 0.2) is 5.82 Å². The van der Waals surface area contributed by atoms with E-state index in [1.165, 1.54) is 12.3 Å². The second kappa shape index (κ2) is 6.08. The van der Waals surface area contributed by atoms with Crippen LogP contribution in [0.5, 0.6) is 0 Å². The number of nitrogens with zero attached hydrogens (tertiary/aromatic N) is 2. The van der Waals surface area contributed by atoms with Crippen LogP contribution in [0.15, 0.2) is 17.2 Å². The van der Waals surface area contributed by atoms with E-state index in [0.29, 0.717) is 18.4 Å². The zero-order chi connectivity index (χ0) is 15.8. The van der Waals surface area contributed by atoms with E-state index in [2.05, 4.69) is 24.3 Å². The van der Waals surface area contributed by atoms with Crippen LogP contribution in [0.25, 0.3) is 0 Å². The number of nitrogens with one attached hydrogen (secondary N) is 1. The first kappa shape index (κ1) is 16.5. The maximum Gasteiger partial charge on any atom is 0.244 e. The summed E-state index contributed by atoms with van der Waals surface area (Å²) in [6.07, 6.45) is 2.31. The van der Waals surface area contributed by atoms with Crippen molar-refractivity contribution in [2.75, 3.05) is 12.0 Å². The summed E-state index contributed by atoms with van der Waals surface area (Å²) in [6, 6.07) is 1.34. The summed E-state index contributed by atoms with van der Waals surface area (Å²) in [7, 11) is -3.61. The lowest BCUT2D eigenvalue weighted by atomic mass is 9.88. The molecule has 3 unspecified atom stereocenters. The molecule has 3 atom stereocenters. The van der Waals surface area contributed by atoms with Crippen LogP contribution in [-0.2, 0) is 10.0 Å². The van der Waals surface area contributed by atoms with E-state index in [-0.39, 0.29) is 21.8 Å². The highest BCUT2D eigenvalue weighted by Crippen LogP contribution is 2.32. The Kier molecular flexibility index (Phi) is 4.77. The number of sulfonamides is 1. The molecule has 1 aromatic heterocycles. The number of hydrogen-bond donors (Lipinski definition) is 2. The molecule has 0 aliphatic carbocycles. The topological polar surface area (TPSA) is 88.3 Å². The molecule has 3 N–H and O–H groups in total. The van der Waals surface area contributed by atoms with Crippen molar-refractivity contribution in [3.63, 3.8) is 0 Å². The van der Waals surface area contributed by atoms with Crippen LogP contribution in [0.3, 0.4) is 0 Å². The Morgan fingerprint density at radius 1 is 1.43 bits per heavy atom. The van der Waals surface area contributed by atoms with Crippen molar-refractivity contribution in [1.29, 1.82) is 0 Å². The minimum absolute atomic E-state index is 0.0442. The van der Waals surface area contributed by atoms with Crippen LogP contribution >= 0.6 is 11.6 Å². The highest BCUT2D eigenvalue weighted by molar-refractivity contribution is 7.89. The third-order valence-corrected chi connectivity index (χ3v) is 6.31. The minimum atomic E-state index is -3.61. The van der Waals surface area contributed by atoms with Gasteiger partial charge in [0.05, 0.1) is 5.02 Å². The van der Waals surface area contributed by atoms with Gasteiger partial charge in [0.25, 0.3) is 0 Å². The maximum atomic E-state index is 12.8. The Labute approximate surface area is 130 Å². The number of halogens is 1. The number of nitrogens with two attached hydrogens (primary N) is 1. The Hall–Kier alpha value is -0.890. The molecule has 1 saturated heterocycles. The molecule has 6 nitrogen and oxygen atoms in total. The SMILES string of the molecule is CC1CC(C)C(C)N(S(=O)(=O)c2cnc(NN)c(Cl)c2)C1. The normalized spacial score (nSPS) is 27.6. The number of aromatic nitrogens is 1. The molecule has 0 aromatic carbocycles. The molecule has 0 saturated carbocycles. The second-order valence-corrected chi connectivity index (χ2v) is 8.08. The number of nitrogen functional groups attached to an aromatic ring is 1. The molecule has 21 heavy (non-hydrogen) atoms. The van der Waals surface area contributed by atoms with Gasteiger partial charge in [0, 0.05) is 18.8 Å². The minimum Gasteiger partial charge on any atom is -0.307 e. The standard InChI is InChI=1S/C13H21ClN4O2S/c1-8-4-9(2)10(3)18(7-8)21(19,20)11-5-12(14)13(17-15)16-6-11/h5-6,8-10H,4,7,15H2,1-3H3,(H,16,17). The van der Waals surface area contributed by atoms with E-state index in [4.69, 9.17) is 17.4 Å². The molecule has 0 radical (unpaired) electrons. The third-order valence-electron chi connectivity index (χ3n) is 4.10. The van der Waals surface area contributed by atoms with E-state index in [1.807, 2.05) is 6.92 Å².